The van der Waals surface area contributed by atoms with Crippen LogP contribution in [0.3, 0.4) is 0 Å². The van der Waals surface area contributed by atoms with Crippen molar-refractivity contribution in [3.63, 3.8) is 0 Å². The monoisotopic (exact) mass is 273 g/mol. The molecular formula is C17H23NO2. The van der Waals surface area contributed by atoms with Crippen molar-refractivity contribution in [3.8, 4) is 0 Å². The van der Waals surface area contributed by atoms with Gasteiger partial charge in [-0.3, -0.25) is 4.79 Å². The largest absolute Gasteiger partial charge is 0.381 e. The first-order valence-electron chi connectivity index (χ1n) is 6.83. The summed E-state index contributed by atoms with van der Waals surface area (Å²) in [5, 5.41) is 13.1. The topological polar surface area (TPSA) is 49.3 Å². The van der Waals surface area contributed by atoms with E-state index in [0.717, 1.165) is 5.56 Å². The molecule has 0 aliphatic carbocycles. The lowest BCUT2D eigenvalue weighted by atomic mass is 9.96. The van der Waals surface area contributed by atoms with Crippen molar-refractivity contribution in [2.75, 3.05) is 6.54 Å². The molecule has 0 bridgehead atoms. The minimum atomic E-state index is -1.04. The zero-order chi connectivity index (χ0) is 15.0. The van der Waals surface area contributed by atoms with Crippen molar-refractivity contribution >= 4 is 5.91 Å². The first-order chi connectivity index (χ1) is 9.42. The third-order valence-corrected chi connectivity index (χ3v) is 2.82. The molecule has 0 heterocycles. The van der Waals surface area contributed by atoms with Crippen molar-refractivity contribution in [1.82, 2.24) is 5.32 Å². The molecule has 0 aromatic heterocycles. The van der Waals surface area contributed by atoms with Gasteiger partial charge in [-0.2, -0.15) is 0 Å². The van der Waals surface area contributed by atoms with Crippen molar-refractivity contribution in [2.45, 2.75) is 26.4 Å². The number of rotatable bonds is 6. The highest BCUT2D eigenvalue weighted by Crippen LogP contribution is 2.21. The maximum atomic E-state index is 11.4. The summed E-state index contributed by atoms with van der Waals surface area (Å²) >= 11 is 0. The molecule has 2 N–H and O–H groups in total. The Balaban J connectivity index is 2.53. The van der Waals surface area contributed by atoms with Gasteiger partial charge in [0.15, 0.2) is 0 Å². The van der Waals surface area contributed by atoms with Gasteiger partial charge in [0.05, 0.1) is 0 Å². The van der Waals surface area contributed by atoms with E-state index in [1.54, 1.807) is 25.2 Å². The van der Waals surface area contributed by atoms with Gasteiger partial charge in [0.2, 0.25) is 5.91 Å². The number of hydrogen-bond donors (Lipinski definition) is 2. The molecule has 0 saturated heterocycles. The van der Waals surface area contributed by atoms with Crippen LogP contribution in [0.2, 0.25) is 0 Å². The predicted molar refractivity (Wildman–Crippen MR) is 82.1 cm³/mol. The molecule has 1 aromatic rings. The lowest BCUT2D eigenvalue weighted by Gasteiger charge is -2.18. The Labute approximate surface area is 121 Å². The molecule has 108 valence electrons. The number of hydrogen-bond acceptors (Lipinski definition) is 2. The van der Waals surface area contributed by atoms with Crippen molar-refractivity contribution < 1.29 is 9.90 Å². The summed E-state index contributed by atoms with van der Waals surface area (Å²) in [7, 11) is 0. The van der Waals surface area contributed by atoms with E-state index in [4.69, 9.17) is 0 Å². The molecule has 1 rings (SSSR count). The van der Waals surface area contributed by atoms with Crippen LogP contribution in [-0.4, -0.2) is 17.6 Å². The van der Waals surface area contributed by atoms with Gasteiger partial charge < -0.3 is 10.4 Å². The fourth-order valence-electron chi connectivity index (χ4n) is 1.62. The molecule has 1 atom stereocenters. The molecule has 1 amide bonds. The standard InChI is InChI=1S/C17H23NO2/c1-14(2)13-18-16(19)11-7-8-12-17(3,20)15-9-5-4-6-10-15/h4-12,14,20H,13H2,1-3H3,(H,18,19)/b11-7+,12-8-. The van der Waals surface area contributed by atoms with Crippen LogP contribution < -0.4 is 5.32 Å². The molecule has 0 saturated carbocycles. The van der Waals surface area contributed by atoms with Crippen LogP contribution in [0, 0.1) is 5.92 Å². The average molecular weight is 273 g/mol. The third-order valence-electron chi connectivity index (χ3n) is 2.82. The lowest BCUT2D eigenvalue weighted by molar-refractivity contribution is -0.116. The Morgan fingerprint density at radius 1 is 1.30 bits per heavy atom. The Bertz CT molecular complexity index is 473. The number of nitrogens with one attached hydrogen (secondary N) is 1. The van der Waals surface area contributed by atoms with Crippen molar-refractivity contribution in [1.29, 1.82) is 0 Å². The summed E-state index contributed by atoms with van der Waals surface area (Å²) < 4.78 is 0. The summed E-state index contributed by atoms with van der Waals surface area (Å²) in [6, 6.07) is 9.40. The van der Waals surface area contributed by atoms with Gasteiger partial charge in [-0.15, -0.1) is 0 Å². The van der Waals surface area contributed by atoms with E-state index in [1.165, 1.54) is 6.08 Å². The first kappa shape index (κ1) is 16.2. The second-order valence-corrected chi connectivity index (χ2v) is 5.37. The molecule has 1 unspecified atom stereocenters. The van der Waals surface area contributed by atoms with Crippen LogP contribution >= 0.6 is 0 Å². The highest BCUT2D eigenvalue weighted by Gasteiger charge is 2.17. The summed E-state index contributed by atoms with van der Waals surface area (Å²) in [5.41, 5.74) is -0.228. The van der Waals surface area contributed by atoms with Crippen LogP contribution in [0.15, 0.2) is 54.6 Å². The maximum Gasteiger partial charge on any atom is 0.243 e. The van der Waals surface area contributed by atoms with E-state index < -0.39 is 5.60 Å². The van der Waals surface area contributed by atoms with E-state index in [0.29, 0.717) is 12.5 Å². The van der Waals surface area contributed by atoms with Gasteiger partial charge >= 0.3 is 0 Å². The van der Waals surface area contributed by atoms with E-state index in [2.05, 4.69) is 5.32 Å². The Morgan fingerprint density at radius 3 is 2.55 bits per heavy atom. The number of amides is 1. The van der Waals surface area contributed by atoms with Gasteiger partial charge in [-0.05, 0) is 24.5 Å². The van der Waals surface area contributed by atoms with Crippen LogP contribution in [-0.2, 0) is 10.4 Å². The quantitative estimate of drug-likeness (QED) is 0.618. The van der Waals surface area contributed by atoms with Crippen molar-refractivity contribution in [2.24, 2.45) is 5.92 Å². The van der Waals surface area contributed by atoms with Crippen LogP contribution in [0.5, 0.6) is 0 Å². The van der Waals surface area contributed by atoms with E-state index in [1.807, 2.05) is 44.2 Å². The molecule has 0 spiro atoms. The number of benzene rings is 1. The molecule has 20 heavy (non-hydrogen) atoms. The molecule has 0 aliphatic heterocycles. The van der Waals surface area contributed by atoms with Gasteiger partial charge in [0.1, 0.15) is 5.60 Å². The van der Waals surface area contributed by atoms with Crippen LogP contribution in [0.4, 0.5) is 0 Å². The van der Waals surface area contributed by atoms with Gasteiger partial charge in [0, 0.05) is 12.6 Å². The normalized spacial score (nSPS) is 14.8. The summed E-state index contributed by atoms with van der Waals surface area (Å²) in [6.07, 6.45) is 6.43. The van der Waals surface area contributed by atoms with Crippen molar-refractivity contribution in [3.05, 3.63) is 60.2 Å². The average Bonchev–Trinajstić information content (AvgIpc) is 2.42. The van der Waals surface area contributed by atoms with Crippen LogP contribution in [0.25, 0.3) is 0 Å². The summed E-state index contributed by atoms with van der Waals surface area (Å²) in [5.74, 6) is 0.310. The second kappa shape index (κ2) is 7.65. The predicted octanol–water partition coefficient (Wildman–Crippen LogP) is 2.78. The summed E-state index contributed by atoms with van der Waals surface area (Å²) in [6.45, 7) is 6.46. The molecule has 0 fully saturated rings. The lowest BCUT2D eigenvalue weighted by Crippen LogP contribution is -2.25. The number of carbonyl (C=O) groups is 1. The van der Waals surface area contributed by atoms with Gasteiger partial charge in [-0.25, -0.2) is 0 Å². The number of allylic oxidation sites excluding steroid dienone is 2. The molecule has 1 aromatic carbocycles. The van der Waals surface area contributed by atoms with E-state index in [9.17, 15) is 9.90 Å². The molecular weight excluding hydrogens is 250 g/mol. The molecule has 0 aliphatic rings. The van der Waals surface area contributed by atoms with Gasteiger partial charge in [0.25, 0.3) is 0 Å². The Hall–Kier alpha value is -1.87. The fraction of sp³-hybridized carbons (Fsp3) is 0.353. The zero-order valence-electron chi connectivity index (χ0n) is 12.3. The minimum absolute atomic E-state index is 0.122. The highest BCUT2D eigenvalue weighted by molar-refractivity contribution is 5.87. The second-order valence-electron chi connectivity index (χ2n) is 5.37. The SMILES string of the molecule is CC(C)CNC(=O)/C=C/C=C\C(C)(O)c1ccccc1. The third kappa shape index (κ3) is 5.85. The molecule has 3 nitrogen and oxygen atoms in total. The smallest absolute Gasteiger partial charge is 0.243 e. The highest BCUT2D eigenvalue weighted by atomic mass is 16.3. The first-order valence-corrected chi connectivity index (χ1v) is 6.83. The van der Waals surface area contributed by atoms with E-state index in [-0.39, 0.29) is 5.91 Å². The number of aliphatic hydroxyl groups is 1. The fourth-order valence-corrected chi connectivity index (χ4v) is 1.62. The molecule has 3 heteroatoms. The number of carbonyl (C=O) groups excluding carboxylic acids is 1. The minimum Gasteiger partial charge on any atom is -0.381 e. The van der Waals surface area contributed by atoms with E-state index >= 15 is 0 Å². The Morgan fingerprint density at radius 2 is 1.95 bits per heavy atom. The van der Waals surface area contributed by atoms with Gasteiger partial charge in [-0.1, -0.05) is 56.3 Å². The Kier molecular flexibility index (Phi) is 6.19. The zero-order valence-corrected chi connectivity index (χ0v) is 12.3. The van der Waals surface area contributed by atoms with Crippen LogP contribution in [0.1, 0.15) is 26.3 Å². The maximum absolute atomic E-state index is 11.4. The molecule has 0 radical (unpaired) electrons. The summed E-state index contributed by atoms with van der Waals surface area (Å²) in [4.78, 5) is 11.4.